The lowest BCUT2D eigenvalue weighted by molar-refractivity contribution is -0.121. The average Bonchev–Trinajstić information content (AvgIpc) is 2.36. The summed E-state index contributed by atoms with van der Waals surface area (Å²) in [5, 5.41) is 8.67. The van der Waals surface area contributed by atoms with Crippen LogP contribution in [0.1, 0.15) is 25.8 Å². The van der Waals surface area contributed by atoms with Crippen LogP contribution in [0.25, 0.3) is 0 Å². The highest BCUT2D eigenvalue weighted by Crippen LogP contribution is 2.16. The summed E-state index contributed by atoms with van der Waals surface area (Å²) in [7, 11) is 1.76. The lowest BCUT2D eigenvalue weighted by Crippen LogP contribution is -2.31. The second-order valence-corrected chi connectivity index (χ2v) is 3.87. The number of benzene rings is 1. The number of carbonyl (C=O) groups excluding carboxylic acids is 1. The van der Waals surface area contributed by atoms with E-state index >= 15 is 0 Å². The van der Waals surface area contributed by atoms with E-state index in [9.17, 15) is 4.79 Å². The smallest absolute Gasteiger partial charge is 0.229 e. The second kappa shape index (κ2) is 5.32. The molecule has 0 heterocycles. The maximum Gasteiger partial charge on any atom is 0.229 e. The van der Waals surface area contributed by atoms with Gasteiger partial charge in [-0.05, 0) is 30.7 Å². The third-order valence-electron chi connectivity index (χ3n) is 2.75. The Morgan fingerprint density at radius 2 is 2.00 bits per heavy atom. The van der Waals surface area contributed by atoms with Gasteiger partial charge in [-0.25, -0.2) is 0 Å². The number of hydrogen-bond acceptors (Lipinski definition) is 2. The highest BCUT2D eigenvalue weighted by atomic mass is 16.2. The number of carbonyl (C=O) groups is 1. The molecule has 3 heteroatoms. The zero-order chi connectivity index (χ0) is 12.1. The molecular weight excluding hydrogens is 200 g/mol. The van der Waals surface area contributed by atoms with Crippen molar-refractivity contribution in [3.05, 3.63) is 29.8 Å². The normalized spacial score (nSPS) is 11.6. The van der Waals surface area contributed by atoms with Gasteiger partial charge in [-0.2, -0.15) is 5.26 Å². The van der Waals surface area contributed by atoms with Gasteiger partial charge in [0.2, 0.25) is 5.91 Å². The molecule has 0 aliphatic heterocycles. The molecular formula is C13H16N2O. The van der Waals surface area contributed by atoms with Gasteiger partial charge in [0.15, 0.2) is 0 Å². The van der Waals surface area contributed by atoms with Crippen molar-refractivity contribution in [2.75, 3.05) is 11.9 Å². The molecule has 0 fully saturated rings. The Bertz CT molecular complexity index is 403. The molecule has 0 radical (unpaired) electrons. The average molecular weight is 216 g/mol. The van der Waals surface area contributed by atoms with Crippen LogP contribution in [-0.4, -0.2) is 13.0 Å². The molecule has 1 aromatic rings. The van der Waals surface area contributed by atoms with Crippen molar-refractivity contribution in [3.63, 3.8) is 0 Å². The van der Waals surface area contributed by atoms with Gasteiger partial charge >= 0.3 is 0 Å². The monoisotopic (exact) mass is 216 g/mol. The molecule has 0 N–H and O–H groups in total. The van der Waals surface area contributed by atoms with Crippen LogP contribution >= 0.6 is 0 Å². The summed E-state index contributed by atoms with van der Waals surface area (Å²) in [6, 6.07) is 9.07. The van der Waals surface area contributed by atoms with Crippen molar-refractivity contribution in [2.45, 2.75) is 20.3 Å². The van der Waals surface area contributed by atoms with Crippen LogP contribution in [0.15, 0.2) is 24.3 Å². The van der Waals surface area contributed by atoms with E-state index in [1.807, 2.05) is 13.8 Å². The SMILES string of the molecule is CCC(C)C(=O)N(C)c1ccc(C#N)cc1. The van der Waals surface area contributed by atoms with Gasteiger partial charge in [-0.3, -0.25) is 4.79 Å². The Labute approximate surface area is 96.3 Å². The Hall–Kier alpha value is -1.82. The minimum Gasteiger partial charge on any atom is -0.315 e. The molecule has 1 aromatic carbocycles. The third kappa shape index (κ3) is 2.60. The predicted molar refractivity (Wildman–Crippen MR) is 64.0 cm³/mol. The van der Waals surface area contributed by atoms with Gasteiger partial charge in [-0.15, -0.1) is 0 Å². The molecule has 0 saturated heterocycles. The summed E-state index contributed by atoms with van der Waals surface area (Å²) in [5.74, 6) is 0.132. The maximum absolute atomic E-state index is 11.9. The van der Waals surface area contributed by atoms with Crippen LogP contribution in [0, 0.1) is 17.2 Å². The maximum atomic E-state index is 11.9. The van der Waals surface area contributed by atoms with Gasteiger partial charge in [0.1, 0.15) is 0 Å². The van der Waals surface area contributed by atoms with E-state index < -0.39 is 0 Å². The van der Waals surface area contributed by atoms with Crippen molar-refractivity contribution >= 4 is 11.6 Å². The molecule has 84 valence electrons. The molecule has 1 rings (SSSR count). The van der Waals surface area contributed by atoms with Gasteiger partial charge in [-0.1, -0.05) is 13.8 Å². The van der Waals surface area contributed by atoms with Crippen LogP contribution < -0.4 is 4.90 Å². The van der Waals surface area contributed by atoms with Crippen LogP contribution in [0.4, 0.5) is 5.69 Å². The van der Waals surface area contributed by atoms with E-state index in [4.69, 9.17) is 5.26 Å². The second-order valence-electron chi connectivity index (χ2n) is 3.87. The topological polar surface area (TPSA) is 44.1 Å². The quantitative estimate of drug-likeness (QED) is 0.779. The molecule has 0 aliphatic carbocycles. The molecule has 1 unspecified atom stereocenters. The van der Waals surface area contributed by atoms with Crippen LogP contribution in [0.3, 0.4) is 0 Å². The third-order valence-corrected chi connectivity index (χ3v) is 2.75. The molecule has 1 amide bonds. The number of anilines is 1. The van der Waals surface area contributed by atoms with Crippen LogP contribution in [-0.2, 0) is 4.79 Å². The predicted octanol–water partition coefficient (Wildman–Crippen LogP) is 2.57. The van der Waals surface area contributed by atoms with Crippen molar-refractivity contribution in [2.24, 2.45) is 5.92 Å². The van der Waals surface area contributed by atoms with E-state index in [0.717, 1.165) is 12.1 Å². The number of nitriles is 1. The summed E-state index contributed by atoms with van der Waals surface area (Å²) in [4.78, 5) is 13.5. The number of rotatable bonds is 3. The zero-order valence-corrected chi connectivity index (χ0v) is 9.90. The fourth-order valence-electron chi connectivity index (χ4n) is 1.39. The van der Waals surface area contributed by atoms with E-state index in [1.54, 1.807) is 36.2 Å². The molecule has 0 bridgehead atoms. The number of nitrogens with zero attached hydrogens (tertiary/aromatic N) is 2. The fraction of sp³-hybridized carbons (Fsp3) is 0.385. The molecule has 0 spiro atoms. The number of hydrogen-bond donors (Lipinski definition) is 0. The summed E-state index contributed by atoms with van der Waals surface area (Å²) >= 11 is 0. The Morgan fingerprint density at radius 1 is 1.44 bits per heavy atom. The minimum atomic E-state index is 0.0284. The standard InChI is InChI=1S/C13H16N2O/c1-4-10(2)13(16)15(3)12-7-5-11(9-14)6-8-12/h5-8,10H,4H2,1-3H3. The first kappa shape index (κ1) is 12.3. The summed E-state index contributed by atoms with van der Waals surface area (Å²) in [6.07, 6.45) is 0.833. The Morgan fingerprint density at radius 3 is 2.44 bits per heavy atom. The molecule has 3 nitrogen and oxygen atoms in total. The van der Waals surface area contributed by atoms with E-state index in [1.165, 1.54) is 0 Å². The molecule has 0 saturated carbocycles. The Kier molecular flexibility index (Phi) is 4.07. The fourth-order valence-corrected chi connectivity index (χ4v) is 1.39. The van der Waals surface area contributed by atoms with E-state index in [-0.39, 0.29) is 11.8 Å². The van der Waals surface area contributed by atoms with E-state index in [2.05, 4.69) is 6.07 Å². The summed E-state index contributed by atoms with van der Waals surface area (Å²) in [6.45, 7) is 3.91. The molecule has 0 aliphatic rings. The summed E-state index contributed by atoms with van der Waals surface area (Å²) in [5.41, 5.74) is 1.43. The zero-order valence-electron chi connectivity index (χ0n) is 9.90. The largest absolute Gasteiger partial charge is 0.315 e. The van der Waals surface area contributed by atoms with Crippen molar-refractivity contribution in [3.8, 4) is 6.07 Å². The van der Waals surface area contributed by atoms with Crippen molar-refractivity contribution in [1.82, 2.24) is 0 Å². The first-order chi connectivity index (χ1) is 7.60. The number of amides is 1. The van der Waals surface area contributed by atoms with Gasteiger partial charge < -0.3 is 4.90 Å². The van der Waals surface area contributed by atoms with Crippen molar-refractivity contribution < 1.29 is 4.79 Å². The van der Waals surface area contributed by atoms with Crippen LogP contribution in [0.5, 0.6) is 0 Å². The van der Waals surface area contributed by atoms with Crippen LogP contribution in [0.2, 0.25) is 0 Å². The Balaban J connectivity index is 2.84. The first-order valence-electron chi connectivity index (χ1n) is 5.37. The summed E-state index contributed by atoms with van der Waals surface area (Å²) < 4.78 is 0. The first-order valence-corrected chi connectivity index (χ1v) is 5.37. The highest BCUT2D eigenvalue weighted by molar-refractivity contribution is 5.94. The molecule has 16 heavy (non-hydrogen) atoms. The van der Waals surface area contributed by atoms with Gasteiger partial charge in [0, 0.05) is 18.7 Å². The highest BCUT2D eigenvalue weighted by Gasteiger charge is 2.16. The molecule has 1 atom stereocenters. The van der Waals surface area contributed by atoms with Crippen molar-refractivity contribution in [1.29, 1.82) is 5.26 Å². The van der Waals surface area contributed by atoms with Gasteiger partial charge in [0.25, 0.3) is 0 Å². The lowest BCUT2D eigenvalue weighted by atomic mass is 10.1. The minimum absolute atomic E-state index is 0.0284. The lowest BCUT2D eigenvalue weighted by Gasteiger charge is -2.20. The van der Waals surface area contributed by atoms with E-state index in [0.29, 0.717) is 5.56 Å². The molecule has 0 aromatic heterocycles. The van der Waals surface area contributed by atoms with Gasteiger partial charge in [0.05, 0.1) is 11.6 Å².